The lowest BCUT2D eigenvalue weighted by Crippen LogP contribution is -1.85. The summed E-state index contributed by atoms with van der Waals surface area (Å²) >= 11 is 1.56. The molecule has 19 heavy (non-hydrogen) atoms. The molecule has 0 radical (unpaired) electrons. The molecule has 1 heterocycles. The van der Waals surface area contributed by atoms with Crippen molar-refractivity contribution in [2.45, 2.75) is 32.8 Å². The lowest BCUT2D eigenvalue weighted by molar-refractivity contribution is -0.129. The number of rotatable bonds is 7. The second-order valence-electron chi connectivity index (χ2n) is 4.34. The quantitative estimate of drug-likeness (QED) is 0.721. The molecule has 2 aromatic rings. The molecule has 0 aliphatic carbocycles. The van der Waals surface area contributed by atoms with Crippen molar-refractivity contribution in [2.75, 3.05) is 0 Å². The maximum atomic E-state index is 10.2. The minimum Gasteiger partial charge on any atom is -0.462 e. The van der Waals surface area contributed by atoms with E-state index < -0.39 is 0 Å². The molecule has 3 nitrogen and oxygen atoms in total. The number of hydrogen-bond acceptors (Lipinski definition) is 4. The number of carbonyl (C=O) groups is 1. The molecule has 1 aromatic carbocycles. The number of aromatic nitrogens is 1. The van der Waals surface area contributed by atoms with Crippen molar-refractivity contribution in [2.24, 2.45) is 0 Å². The van der Waals surface area contributed by atoms with Crippen LogP contribution in [0.3, 0.4) is 0 Å². The van der Waals surface area contributed by atoms with E-state index in [4.69, 9.17) is 4.74 Å². The van der Waals surface area contributed by atoms with Crippen LogP contribution in [0, 0.1) is 0 Å². The van der Waals surface area contributed by atoms with E-state index in [1.165, 1.54) is 18.4 Å². The van der Waals surface area contributed by atoms with E-state index in [-0.39, 0.29) is 0 Å². The van der Waals surface area contributed by atoms with Gasteiger partial charge in [0.25, 0.3) is 6.47 Å². The third kappa shape index (κ3) is 3.89. The Balaban J connectivity index is 2.12. The van der Waals surface area contributed by atoms with E-state index in [0.29, 0.717) is 13.1 Å². The summed E-state index contributed by atoms with van der Waals surface area (Å²) in [5.74, 6) is 0. The molecule has 2 rings (SSSR count). The van der Waals surface area contributed by atoms with Gasteiger partial charge in [0, 0.05) is 11.8 Å². The van der Waals surface area contributed by atoms with E-state index in [0.717, 1.165) is 21.9 Å². The molecule has 0 amide bonds. The number of aryl methyl sites for hydroxylation is 1. The number of benzene rings is 1. The van der Waals surface area contributed by atoms with Gasteiger partial charge in [-0.2, -0.15) is 0 Å². The summed E-state index contributed by atoms with van der Waals surface area (Å²) in [6, 6.07) is 8.49. The SMILES string of the molecule is CCCCc1cccc(-c2ncc(COC=O)s2)c1. The fourth-order valence-electron chi connectivity index (χ4n) is 1.86. The summed E-state index contributed by atoms with van der Waals surface area (Å²) in [6.45, 7) is 2.96. The molecular weight excluding hydrogens is 258 g/mol. The van der Waals surface area contributed by atoms with Crippen LogP contribution in [0.4, 0.5) is 0 Å². The van der Waals surface area contributed by atoms with Crippen LogP contribution in [-0.2, 0) is 22.6 Å². The highest BCUT2D eigenvalue weighted by Gasteiger charge is 2.05. The first-order valence-corrected chi connectivity index (χ1v) is 7.24. The average Bonchev–Trinajstić information content (AvgIpc) is 2.92. The van der Waals surface area contributed by atoms with Gasteiger partial charge in [0.1, 0.15) is 11.6 Å². The third-order valence-electron chi connectivity index (χ3n) is 2.84. The van der Waals surface area contributed by atoms with Crippen molar-refractivity contribution in [1.29, 1.82) is 0 Å². The van der Waals surface area contributed by atoms with Gasteiger partial charge in [-0.15, -0.1) is 11.3 Å². The van der Waals surface area contributed by atoms with Gasteiger partial charge < -0.3 is 4.74 Å². The Hall–Kier alpha value is -1.68. The van der Waals surface area contributed by atoms with Gasteiger partial charge in [0.2, 0.25) is 0 Å². The molecule has 0 spiro atoms. The van der Waals surface area contributed by atoms with Crippen LogP contribution in [0.25, 0.3) is 10.6 Å². The second-order valence-corrected chi connectivity index (χ2v) is 5.46. The number of ether oxygens (including phenoxy) is 1. The molecule has 4 heteroatoms. The Morgan fingerprint density at radius 2 is 2.32 bits per heavy atom. The van der Waals surface area contributed by atoms with Crippen LogP contribution in [0.2, 0.25) is 0 Å². The summed E-state index contributed by atoms with van der Waals surface area (Å²) in [5, 5.41) is 0.975. The zero-order chi connectivity index (χ0) is 13.5. The molecule has 0 atom stereocenters. The van der Waals surface area contributed by atoms with Gasteiger partial charge in [-0.3, -0.25) is 4.79 Å². The zero-order valence-corrected chi connectivity index (χ0v) is 11.8. The first-order valence-electron chi connectivity index (χ1n) is 6.42. The van der Waals surface area contributed by atoms with Gasteiger partial charge >= 0.3 is 0 Å². The maximum Gasteiger partial charge on any atom is 0.293 e. The number of nitrogens with zero attached hydrogens (tertiary/aromatic N) is 1. The molecule has 0 aliphatic heterocycles. The predicted molar refractivity (Wildman–Crippen MR) is 77.0 cm³/mol. The minimum atomic E-state index is 0.302. The molecule has 0 saturated heterocycles. The standard InChI is InChI=1S/C15H17NO2S/c1-2-3-5-12-6-4-7-13(8-12)15-16-9-14(19-15)10-18-11-17/h4,6-9,11H,2-3,5,10H2,1H3. The summed E-state index contributed by atoms with van der Waals surface area (Å²) in [6.07, 6.45) is 5.29. The molecular formula is C15H17NO2S. The van der Waals surface area contributed by atoms with Crippen LogP contribution in [0.5, 0.6) is 0 Å². The van der Waals surface area contributed by atoms with E-state index >= 15 is 0 Å². The average molecular weight is 275 g/mol. The van der Waals surface area contributed by atoms with Crippen molar-refractivity contribution in [3.8, 4) is 10.6 Å². The maximum absolute atomic E-state index is 10.2. The Bertz CT molecular complexity index is 536. The summed E-state index contributed by atoms with van der Waals surface area (Å²) < 4.78 is 4.74. The van der Waals surface area contributed by atoms with Gasteiger partial charge in [0.05, 0.1) is 4.88 Å². The Morgan fingerprint density at radius 1 is 1.42 bits per heavy atom. The third-order valence-corrected chi connectivity index (χ3v) is 3.86. The molecule has 0 bridgehead atoms. The highest BCUT2D eigenvalue weighted by atomic mass is 32.1. The lowest BCUT2D eigenvalue weighted by atomic mass is 10.1. The normalized spacial score (nSPS) is 10.4. The van der Waals surface area contributed by atoms with Crippen molar-refractivity contribution in [1.82, 2.24) is 4.98 Å². The van der Waals surface area contributed by atoms with Gasteiger partial charge in [-0.1, -0.05) is 31.5 Å². The summed E-state index contributed by atoms with van der Waals surface area (Å²) in [7, 11) is 0. The largest absolute Gasteiger partial charge is 0.462 e. The van der Waals surface area contributed by atoms with E-state index in [2.05, 4.69) is 36.2 Å². The van der Waals surface area contributed by atoms with Crippen LogP contribution in [0.15, 0.2) is 30.5 Å². The molecule has 0 saturated carbocycles. The lowest BCUT2D eigenvalue weighted by Gasteiger charge is -2.02. The number of thiazole rings is 1. The molecule has 1 aromatic heterocycles. The number of unbranched alkanes of at least 4 members (excludes halogenated alkanes) is 1. The molecule has 0 N–H and O–H groups in total. The highest BCUT2D eigenvalue weighted by Crippen LogP contribution is 2.26. The van der Waals surface area contributed by atoms with E-state index in [9.17, 15) is 4.79 Å². The van der Waals surface area contributed by atoms with Crippen molar-refractivity contribution >= 4 is 17.8 Å². The zero-order valence-electron chi connectivity index (χ0n) is 11.0. The highest BCUT2D eigenvalue weighted by molar-refractivity contribution is 7.15. The van der Waals surface area contributed by atoms with Crippen molar-refractivity contribution < 1.29 is 9.53 Å². The Kier molecular flexibility index (Phi) is 5.10. The number of hydrogen-bond donors (Lipinski definition) is 0. The molecule has 0 unspecified atom stereocenters. The molecule has 0 aliphatic rings. The fraction of sp³-hybridized carbons (Fsp3) is 0.333. The summed E-state index contributed by atoms with van der Waals surface area (Å²) in [4.78, 5) is 15.5. The van der Waals surface area contributed by atoms with Crippen LogP contribution in [0.1, 0.15) is 30.2 Å². The fourth-order valence-corrected chi connectivity index (χ4v) is 2.70. The van der Waals surface area contributed by atoms with Crippen LogP contribution in [-0.4, -0.2) is 11.5 Å². The Morgan fingerprint density at radius 3 is 3.11 bits per heavy atom. The van der Waals surface area contributed by atoms with Gasteiger partial charge in [-0.05, 0) is 24.5 Å². The second kappa shape index (κ2) is 7.04. The molecule has 0 fully saturated rings. The number of carbonyl (C=O) groups excluding carboxylic acids is 1. The smallest absolute Gasteiger partial charge is 0.293 e. The molecule has 100 valence electrons. The minimum absolute atomic E-state index is 0.302. The summed E-state index contributed by atoms with van der Waals surface area (Å²) in [5.41, 5.74) is 2.48. The monoisotopic (exact) mass is 275 g/mol. The topological polar surface area (TPSA) is 39.2 Å². The first-order chi connectivity index (χ1) is 9.33. The Labute approximate surface area is 117 Å². The van der Waals surface area contributed by atoms with E-state index in [1.54, 1.807) is 17.5 Å². The van der Waals surface area contributed by atoms with Gasteiger partial charge in [0.15, 0.2) is 0 Å². The van der Waals surface area contributed by atoms with Crippen molar-refractivity contribution in [3.05, 3.63) is 40.9 Å². The van der Waals surface area contributed by atoms with E-state index in [1.807, 2.05) is 0 Å². The van der Waals surface area contributed by atoms with Crippen LogP contribution < -0.4 is 0 Å². The van der Waals surface area contributed by atoms with Crippen LogP contribution >= 0.6 is 11.3 Å². The first kappa shape index (κ1) is 13.7. The predicted octanol–water partition coefficient (Wildman–Crippen LogP) is 3.83. The van der Waals surface area contributed by atoms with Gasteiger partial charge in [-0.25, -0.2) is 4.98 Å². The van der Waals surface area contributed by atoms with Crippen molar-refractivity contribution in [3.63, 3.8) is 0 Å².